The molecule has 1 amide bonds. The summed E-state index contributed by atoms with van der Waals surface area (Å²) in [4.78, 5) is 24.5. The maximum Gasteiger partial charge on any atom is 0.307 e. The smallest absolute Gasteiger partial charge is 0.307 e. The molecule has 0 aliphatic heterocycles. The van der Waals surface area contributed by atoms with E-state index in [9.17, 15) is 14.7 Å². The van der Waals surface area contributed by atoms with Crippen LogP contribution in [0.25, 0.3) is 0 Å². The predicted octanol–water partition coefficient (Wildman–Crippen LogP) is 3.36. The quantitative estimate of drug-likeness (QED) is 0.835. The molecule has 2 bridgehead atoms. The van der Waals surface area contributed by atoms with Crippen molar-refractivity contribution in [3.8, 4) is 0 Å². The van der Waals surface area contributed by atoms with Gasteiger partial charge in [-0.25, -0.2) is 0 Å². The lowest BCUT2D eigenvalue weighted by Gasteiger charge is -2.41. The van der Waals surface area contributed by atoms with Gasteiger partial charge < -0.3 is 10.4 Å². The third kappa shape index (κ3) is 2.27. The van der Waals surface area contributed by atoms with E-state index >= 15 is 0 Å². The monoisotopic (exact) mass is 331 g/mol. The third-order valence-corrected chi connectivity index (χ3v) is 6.09. The van der Waals surface area contributed by atoms with E-state index in [0.717, 1.165) is 12.0 Å². The van der Waals surface area contributed by atoms with Crippen LogP contribution in [0.2, 0.25) is 5.02 Å². The minimum absolute atomic E-state index is 0.000134. The molecule has 0 unspecified atom stereocenters. The molecule has 2 saturated carbocycles. The zero-order valence-corrected chi connectivity index (χ0v) is 13.5. The topological polar surface area (TPSA) is 66.4 Å². The molecule has 0 radical (unpaired) electrons. The number of carboxylic acids is 1. The Morgan fingerprint density at radius 3 is 2.43 bits per heavy atom. The fourth-order valence-corrected chi connectivity index (χ4v) is 4.65. The molecule has 4 aliphatic rings. The van der Waals surface area contributed by atoms with Gasteiger partial charge in [0.1, 0.15) is 0 Å². The maximum atomic E-state index is 12.8. The van der Waals surface area contributed by atoms with Gasteiger partial charge in [0.2, 0.25) is 5.91 Å². The van der Waals surface area contributed by atoms with Crippen LogP contribution in [0.4, 0.5) is 5.69 Å². The Balaban J connectivity index is 1.60. The first-order chi connectivity index (χ1) is 11.0. The highest BCUT2D eigenvalue weighted by Crippen LogP contribution is 2.63. The second-order valence-corrected chi connectivity index (χ2v) is 7.35. The number of hydrogen-bond donors (Lipinski definition) is 2. The number of amides is 1. The van der Waals surface area contributed by atoms with Crippen molar-refractivity contribution in [2.24, 2.45) is 35.5 Å². The Morgan fingerprint density at radius 2 is 1.83 bits per heavy atom. The van der Waals surface area contributed by atoms with Crippen LogP contribution in [-0.4, -0.2) is 17.0 Å². The van der Waals surface area contributed by atoms with Gasteiger partial charge in [0.25, 0.3) is 0 Å². The van der Waals surface area contributed by atoms with Crippen molar-refractivity contribution in [1.82, 2.24) is 0 Å². The van der Waals surface area contributed by atoms with E-state index in [1.165, 1.54) is 0 Å². The molecule has 0 heterocycles. The molecule has 120 valence electrons. The summed E-state index contributed by atoms with van der Waals surface area (Å²) in [5.74, 6) is -1.19. The molecular formula is C18H18ClNO3. The van der Waals surface area contributed by atoms with Crippen molar-refractivity contribution in [2.45, 2.75) is 13.3 Å². The van der Waals surface area contributed by atoms with Gasteiger partial charge in [-0.05, 0) is 54.7 Å². The highest BCUT2D eigenvalue weighted by atomic mass is 35.5. The Hall–Kier alpha value is -1.81. The number of carbonyl (C=O) groups excluding carboxylic acids is 1. The number of carbonyl (C=O) groups is 2. The third-order valence-electron chi connectivity index (χ3n) is 5.68. The van der Waals surface area contributed by atoms with Gasteiger partial charge in [-0.1, -0.05) is 29.8 Å². The first-order valence-electron chi connectivity index (χ1n) is 7.95. The molecule has 23 heavy (non-hydrogen) atoms. The lowest BCUT2D eigenvalue weighted by atomic mass is 9.62. The second kappa shape index (κ2) is 5.10. The van der Waals surface area contributed by atoms with E-state index < -0.39 is 17.8 Å². The predicted molar refractivity (Wildman–Crippen MR) is 87.2 cm³/mol. The normalized spacial score (nSPS) is 36.4. The number of carboxylic acid groups (broad SMARTS) is 1. The summed E-state index contributed by atoms with van der Waals surface area (Å²) in [6, 6.07) is 5.35. The van der Waals surface area contributed by atoms with Crippen molar-refractivity contribution >= 4 is 29.2 Å². The van der Waals surface area contributed by atoms with Crippen LogP contribution in [0.15, 0.2) is 30.4 Å². The summed E-state index contributed by atoms with van der Waals surface area (Å²) < 4.78 is 0. The number of allylic oxidation sites excluding steroid dienone is 2. The zero-order valence-electron chi connectivity index (χ0n) is 12.7. The number of nitrogens with one attached hydrogen (secondary N) is 1. The van der Waals surface area contributed by atoms with E-state index in [2.05, 4.69) is 11.4 Å². The Bertz CT molecular complexity index is 729. The largest absolute Gasteiger partial charge is 0.481 e. The Morgan fingerprint density at radius 1 is 1.17 bits per heavy atom. The lowest BCUT2D eigenvalue weighted by Crippen LogP contribution is -2.48. The first kappa shape index (κ1) is 14.8. The summed E-state index contributed by atoms with van der Waals surface area (Å²) >= 11 is 6.10. The molecule has 0 spiro atoms. The number of benzene rings is 1. The van der Waals surface area contributed by atoms with E-state index in [1.807, 2.05) is 19.1 Å². The van der Waals surface area contributed by atoms with E-state index in [0.29, 0.717) is 22.5 Å². The Kier molecular flexibility index (Phi) is 3.27. The fraction of sp³-hybridized carbons (Fsp3) is 0.444. The van der Waals surface area contributed by atoms with Crippen LogP contribution in [-0.2, 0) is 9.59 Å². The van der Waals surface area contributed by atoms with Crippen LogP contribution in [0.1, 0.15) is 12.0 Å². The SMILES string of the molecule is Cc1ccc(NC(=O)[C@@H]2[C@H]3C=C[C@H]([C@H]4C[C@H]34)[C@@H]2C(=O)O)cc1Cl. The van der Waals surface area contributed by atoms with Gasteiger partial charge in [0.15, 0.2) is 0 Å². The minimum atomic E-state index is -0.864. The van der Waals surface area contributed by atoms with Crippen molar-refractivity contribution in [1.29, 1.82) is 0 Å². The molecule has 2 N–H and O–H groups in total. The molecule has 0 saturated heterocycles. The molecule has 4 nitrogen and oxygen atoms in total. The zero-order chi connectivity index (χ0) is 16.3. The molecule has 1 aromatic carbocycles. The summed E-state index contributed by atoms with van der Waals surface area (Å²) in [7, 11) is 0. The standard InChI is InChI=1S/C18H18ClNO3/c1-8-2-3-9(6-14(8)19)20-17(21)15-10-4-5-11(13-7-12(10)13)16(15)18(22)23/h2-6,10-13,15-16H,7H2,1H3,(H,20,21)(H,22,23)/t10-,11+,12+,13+,15+,16-/m0/s1. The molecule has 0 aromatic heterocycles. The van der Waals surface area contributed by atoms with Gasteiger partial charge in [-0.2, -0.15) is 0 Å². The van der Waals surface area contributed by atoms with Crippen molar-refractivity contribution < 1.29 is 14.7 Å². The number of halogens is 1. The molecule has 6 atom stereocenters. The van der Waals surface area contributed by atoms with Gasteiger partial charge >= 0.3 is 5.97 Å². The number of aliphatic carboxylic acids is 1. The lowest BCUT2D eigenvalue weighted by molar-refractivity contribution is -0.152. The number of hydrogen-bond acceptors (Lipinski definition) is 2. The van der Waals surface area contributed by atoms with Gasteiger partial charge in [-0.3, -0.25) is 9.59 Å². The number of rotatable bonds is 3. The molecule has 2 fully saturated rings. The van der Waals surface area contributed by atoms with Gasteiger partial charge in [0, 0.05) is 10.7 Å². The van der Waals surface area contributed by atoms with E-state index in [-0.39, 0.29) is 17.7 Å². The van der Waals surface area contributed by atoms with Gasteiger partial charge in [-0.15, -0.1) is 0 Å². The number of aryl methyl sites for hydroxylation is 1. The molecule has 4 aliphatic carbocycles. The average molecular weight is 332 g/mol. The van der Waals surface area contributed by atoms with Crippen molar-refractivity contribution in [3.05, 3.63) is 40.9 Å². The number of fused-ring (bicyclic) bond motifs is 1. The van der Waals surface area contributed by atoms with E-state index in [1.54, 1.807) is 12.1 Å². The van der Waals surface area contributed by atoms with Crippen LogP contribution in [0.5, 0.6) is 0 Å². The second-order valence-electron chi connectivity index (χ2n) is 6.95. The van der Waals surface area contributed by atoms with Crippen molar-refractivity contribution in [2.75, 3.05) is 5.32 Å². The summed E-state index contributed by atoms with van der Waals surface area (Å²) in [6.45, 7) is 1.90. The average Bonchev–Trinajstić information content (AvgIpc) is 3.32. The Labute approximate surface area is 139 Å². The fourth-order valence-electron chi connectivity index (χ4n) is 4.47. The van der Waals surface area contributed by atoms with E-state index in [4.69, 9.17) is 11.6 Å². The van der Waals surface area contributed by atoms with Crippen LogP contribution < -0.4 is 5.32 Å². The molecule has 1 aromatic rings. The molecule has 5 heteroatoms. The van der Waals surface area contributed by atoms with Crippen LogP contribution in [0, 0.1) is 42.4 Å². The minimum Gasteiger partial charge on any atom is -0.481 e. The number of anilines is 1. The summed E-state index contributed by atoms with van der Waals surface area (Å²) in [5.41, 5.74) is 1.56. The first-order valence-corrected chi connectivity index (χ1v) is 8.33. The van der Waals surface area contributed by atoms with Gasteiger partial charge in [0.05, 0.1) is 11.8 Å². The van der Waals surface area contributed by atoms with Crippen LogP contribution >= 0.6 is 11.6 Å². The maximum absolute atomic E-state index is 12.8. The highest BCUT2D eigenvalue weighted by Gasteiger charge is 2.62. The highest BCUT2D eigenvalue weighted by molar-refractivity contribution is 6.31. The van der Waals surface area contributed by atoms with Crippen LogP contribution in [0.3, 0.4) is 0 Å². The summed E-state index contributed by atoms with van der Waals surface area (Å²) in [6.07, 6.45) is 5.13. The van der Waals surface area contributed by atoms with Crippen molar-refractivity contribution in [3.63, 3.8) is 0 Å². The summed E-state index contributed by atoms with van der Waals surface area (Å²) in [5, 5.41) is 13.1. The molecule has 5 rings (SSSR count). The molecular weight excluding hydrogens is 314 g/mol.